The standard InChI is InChI=1S/C11H14F2N4O/c12-8-5-9(13)11(15-6-8)16-7-10(18)17-3-1-14-2-4-17/h5-6,14H,1-4,7H2,(H,15,16). The maximum Gasteiger partial charge on any atom is 0.242 e. The fraction of sp³-hybridized carbons (Fsp3) is 0.455. The van der Waals surface area contributed by atoms with Crippen LogP contribution in [0.4, 0.5) is 14.6 Å². The normalized spacial score (nSPS) is 15.6. The van der Waals surface area contributed by atoms with Crippen LogP contribution in [0.2, 0.25) is 0 Å². The average Bonchev–Trinajstić information content (AvgIpc) is 2.38. The second-order valence-electron chi connectivity index (χ2n) is 3.97. The number of nitrogens with one attached hydrogen (secondary N) is 2. The van der Waals surface area contributed by atoms with Crippen LogP contribution in [0.15, 0.2) is 12.3 Å². The van der Waals surface area contributed by atoms with Crippen LogP contribution in [0.3, 0.4) is 0 Å². The van der Waals surface area contributed by atoms with Crippen LogP contribution in [0.5, 0.6) is 0 Å². The summed E-state index contributed by atoms with van der Waals surface area (Å²) >= 11 is 0. The Kier molecular flexibility index (Phi) is 4.03. The van der Waals surface area contributed by atoms with E-state index in [4.69, 9.17) is 0 Å². The van der Waals surface area contributed by atoms with Crippen molar-refractivity contribution in [2.24, 2.45) is 0 Å². The maximum atomic E-state index is 13.2. The van der Waals surface area contributed by atoms with E-state index in [-0.39, 0.29) is 18.3 Å². The predicted octanol–water partition coefficient (Wildman–Crippen LogP) is 0.203. The van der Waals surface area contributed by atoms with E-state index < -0.39 is 11.6 Å². The Morgan fingerprint density at radius 1 is 1.44 bits per heavy atom. The highest BCUT2D eigenvalue weighted by Crippen LogP contribution is 2.10. The lowest BCUT2D eigenvalue weighted by Crippen LogP contribution is -2.48. The smallest absolute Gasteiger partial charge is 0.242 e. The summed E-state index contributed by atoms with van der Waals surface area (Å²) in [6, 6.07) is 0.727. The summed E-state index contributed by atoms with van der Waals surface area (Å²) in [5.74, 6) is -1.78. The van der Waals surface area contributed by atoms with E-state index in [1.54, 1.807) is 4.90 Å². The van der Waals surface area contributed by atoms with Crippen molar-refractivity contribution in [3.63, 3.8) is 0 Å². The number of nitrogens with zero attached hydrogens (tertiary/aromatic N) is 2. The summed E-state index contributed by atoms with van der Waals surface area (Å²) in [7, 11) is 0. The van der Waals surface area contributed by atoms with Gasteiger partial charge < -0.3 is 15.5 Å². The molecule has 0 atom stereocenters. The topological polar surface area (TPSA) is 57.3 Å². The SMILES string of the molecule is O=C(CNc1ncc(F)cc1F)N1CCNCC1. The monoisotopic (exact) mass is 256 g/mol. The molecule has 2 rings (SSSR count). The summed E-state index contributed by atoms with van der Waals surface area (Å²) in [5, 5.41) is 5.70. The minimum atomic E-state index is -0.803. The molecule has 0 unspecified atom stereocenters. The first-order chi connectivity index (χ1) is 8.66. The highest BCUT2D eigenvalue weighted by Gasteiger charge is 2.16. The van der Waals surface area contributed by atoms with Crippen molar-refractivity contribution in [3.8, 4) is 0 Å². The number of hydrogen-bond acceptors (Lipinski definition) is 4. The number of hydrogen-bond donors (Lipinski definition) is 2. The van der Waals surface area contributed by atoms with Gasteiger partial charge in [-0.2, -0.15) is 0 Å². The number of carbonyl (C=O) groups excluding carboxylic acids is 1. The van der Waals surface area contributed by atoms with E-state index in [9.17, 15) is 13.6 Å². The Morgan fingerprint density at radius 3 is 2.83 bits per heavy atom. The molecule has 1 amide bonds. The Balaban J connectivity index is 1.88. The molecule has 0 spiro atoms. The van der Waals surface area contributed by atoms with Crippen LogP contribution in [0.25, 0.3) is 0 Å². The van der Waals surface area contributed by atoms with Crippen LogP contribution in [0, 0.1) is 11.6 Å². The summed E-state index contributed by atoms with van der Waals surface area (Å²) in [5.41, 5.74) is 0. The van der Waals surface area contributed by atoms with Gasteiger partial charge in [0.1, 0.15) is 5.82 Å². The number of amides is 1. The zero-order valence-corrected chi connectivity index (χ0v) is 9.75. The number of piperazine rings is 1. The molecule has 0 radical (unpaired) electrons. The van der Waals surface area contributed by atoms with E-state index >= 15 is 0 Å². The molecule has 7 heteroatoms. The molecule has 0 aromatic carbocycles. The van der Waals surface area contributed by atoms with Crippen LogP contribution < -0.4 is 10.6 Å². The van der Waals surface area contributed by atoms with Crippen LogP contribution >= 0.6 is 0 Å². The molecule has 0 saturated carbocycles. The highest BCUT2D eigenvalue weighted by atomic mass is 19.1. The van der Waals surface area contributed by atoms with Gasteiger partial charge in [-0.3, -0.25) is 4.79 Å². The van der Waals surface area contributed by atoms with Crippen molar-refractivity contribution in [3.05, 3.63) is 23.9 Å². The molecule has 98 valence electrons. The number of aromatic nitrogens is 1. The molecule has 0 aliphatic carbocycles. The van der Waals surface area contributed by atoms with Crippen molar-refractivity contribution >= 4 is 11.7 Å². The van der Waals surface area contributed by atoms with Gasteiger partial charge in [0.2, 0.25) is 5.91 Å². The van der Waals surface area contributed by atoms with E-state index in [1.807, 2.05) is 0 Å². The lowest BCUT2D eigenvalue weighted by molar-refractivity contribution is -0.129. The van der Waals surface area contributed by atoms with Crippen molar-refractivity contribution < 1.29 is 13.6 Å². The Bertz CT molecular complexity index is 435. The van der Waals surface area contributed by atoms with Gasteiger partial charge >= 0.3 is 0 Å². The third-order valence-corrected chi connectivity index (χ3v) is 2.68. The van der Waals surface area contributed by atoms with Crippen LogP contribution in [-0.2, 0) is 4.79 Å². The molecule has 2 heterocycles. The second kappa shape index (κ2) is 5.72. The van der Waals surface area contributed by atoms with Gasteiger partial charge in [-0.15, -0.1) is 0 Å². The fourth-order valence-corrected chi connectivity index (χ4v) is 1.73. The van der Waals surface area contributed by atoms with E-state index in [0.717, 1.165) is 25.4 Å². The van der Waals surface area contributed by atoms with Crippen molar-refractivity contribution in [2.75, 3.05) is 38.0 Å². The van der Waals surface area contributed by atoms with Gasteiger partial charge in [-0.1, -0.05) is 0 Å². The van der Waals surface area contributed by atoms with Crippen molar-refractivity contribution in [1.29, 1.82) is 0 Å². The summed E-state index contributed by atoms with van der Waals surface area (Å²) < 4.78 is 25.9. The number of anilines is 1. The van der Waals surface area contributed by atoms with Gasteiger partial charge in [0.05, 0.1) is 12.7 Å². The number of carbonyl (C=O) groups is 1. The summed E-state index contributed by atoms with van der Waals surface area (Å²) in [6.45, 7) is 2.75. The minimum Gasteiger partial charge on any atom is -0.359 e. The molecule has 18 heavy (non-hydrogen) atoms. The molecule has 1 aromatic rings. The third-order valence-electron chi connectivity index (χ3n) is 2.68. The first-order valence-electron chi connectivity index (χ1n) is 5.70. The van der Waals surface area contributed by atoms with Gasteiger partial charge in [0.25, 0.3) is 0 Å². The maximum absolute atomic E-state index is 13.2. The number of rotatable bonds is 3. The second-order valence-corrected chi connectivity index (χ2v) is 3.97. The summed E-state index contributed by atoms with van der Waals surface area (Å²) in [4.78, 5) is 17.0. The van der Waals surface area contributed by atoms with Gasteiger partial charge in [-0.05, 0) is 0 Å². The third kappa shape index (κ3) is 3.13. The zero-order valence-electron chi connectivity index (χ0n) is 9.75. The van der Waals surface area contributed by atoms with Gasteiger partial charge in [0, 0.05) is 32.2 Å². The molecule has 2 N–H and O–H groups in total. The molecule has 1 saturated heterocycles. The van der Waals surface area contributed by atoms with E-state index in [2.05, 4.69) is 15.6 Å². The number of halogens is 2. The van der Waals surface area contributed by atoms with E-state index in [1.165, 1.54) is 0 Å². The molecule has 1 fully saturated rings. The van der Waals surface area contributed by atoms with Crippen molar-refractivity contribution in [2.45, 2.75) is 0 Å². The average molecular weight is 256 g/mol. The van der Waals surface area contributed by atoms with Crippen LogP contribution in [0.1, 0.15) is 0 Å². The molecule has 1 aliphatic heterocycles. The molecule has 5 nitrogen and oxygen atoms in total. The minimum absolute atomic E-state index is 0.0461. The Labute approximate surface area is 103 Å². The lowest BCUT2D eigenvalue weighted by atomic mass is 10.3. The lowest BCUT2D eigenvalue weighted by Gasteiger charge is -2.27. The Hall–Kier alpha value is -1.76. The molecule has 1 aliphatic rings. The fourth-order valence-electron chi connectivity index (χ4n) is 1.73. The first kappa shape index (κ1) is 12.7. The first-order valence-corrected chi connectivity index (χ1v) is 5.70. The highest BCUT2D eigenvalue weighted by molar-refractivity contribution is 5.80. The van der Waals surface area contributed by atoms with Gasteiger partial charge in [0.15, 0.2) is 11.6 Å². The van der Waals surface area contributed by atoms with E-state index in [0.29, 0.717) is 13.1 Å². The molecule has 0 bridgehead atoms. The van der Waals surface area contributed by atoms with Gasteiger partial charge in [-0.25, -0.2) is 13.8 Å². The zero-order chi connectivity index (χ0) is 13.0. The predicted molar refractivity (Wildman–Crippen MR) is 62.1 cm³/mol. The molecular formula is C11H14F2N4O. The largest absolute Gasteiger partial charge is 0.359 e. The quantitative estimate of drug-likeness (QED) is 0.811. The summed E-state index contributed by atoms with van der Waals surface area (Å²) in [6.07, 6.45) is 0.903. The van der Waals surface area contributed by atoms with Crippen LogP contribution in [-0.4, -0.2) is 48.5 Å². The Morgan fingerprint density at radius 2 is 2.17 bits per heavy atom. The molecule has 1 aromatic heterocycles. The van der Waals surface area contributed by atoms with Crippen molar-refractivity contribution in [1.82, 2.24) is 15.2 Å². The molecular weight excluding hydrogens is 242 g/mol. The number of pyridine rings is 1.